The number of carbonyl (C=O) groups is 1. The van der Waals surface area contributed by atoms with Crippen LogP contribution in [0.4, 0.5) is 4.39 Å². The van der Waals surface area contributed by atoms with Crippen molar-refractivity contribution in [3.63, 3.8) is 0 Å². The van der Waals surface area contributed by atoms with Gasteiger partial charge in [-0.1, -0.05) is 18.2 Å². The zero-order valence-electron chi connectivity index (χ0n) is 18.0. The van der Waals surface area contributed by atoms with E-state index >= 15 is 0 Å². The van der Waals surface area contributed by atoms with Gasteiger partial charge in [0.15, 0.2) is 5.79 Å². The maximum Gasteiger partial charge on any atom is 0.254 e. The molecule has 0 spiro atoms. The standard InChI is InChI=1S/C25H24FN3O3/c1-25(2)31-15-18(32-25)14-29(13-16-12-28-23-8-7-17(26)11-21(16)23)24(30)20-9-10-27-22-6-4-3-5-19(20)22/h3-12,18,28H,13-15H2,1-2H3. The van der Waals surface area contributed by atoms with Crippen molar-refractivity contribution >= 4 is 27.7 Å². The molecule has 3 heterocycles. The molecule has 2 aromatic heterocycles. The minimum absolute atomic E-state index is 0.136. The van der Waals surface area contributed by atoms with Crippen molar-refractivity contribution in [3.8, 4) is 0 Å². The van der Waals surface area contributed by atoms with E-state index in [2.05, 4.69) is 9.97 Å². The monoisotopic (exact) mass is 433 g/mol. The molecule has 1 amide bonds. The molecule has 1 atom stereocenters. The minimum atomic E-state index is -0.688. The van der Waals surface area contributed by atoms with Crippen LogP contribution < -0.4 is 0 Å². The van der Waals surface area contributed by atoms with Crippen molar-refractivity contribution in [3.05, 3.63) is 77.9 Å². The first-order chi connectivity index (χ1) is 15.4. The van der Waals surface area contributed by atoms with Gasteiger partial charge in [0, 0.05) is 41.8 Å². The van der Waals surface area contributed by atoms with E-state index in [9.17, 15) is 9.18 Å². The lowest BCUT2D eigenvalue weighted by Gasteiger charge is -2.26. The van der Waals surface area contributed by atoms with Crippen molar-refractivity contribution in [1.82, 2.24) is 14.9 Å². The van der Waals surface area contributed by atoms with Crippen LogP contribution in [0.5, 0.6) is 0 Å². The normalized spacial score (nSPS) is 17.8. The van der Waals surface area contributed by atoms with Crippen LogP contribution in [0.15, 0.2) is 60.9 Å². The largest absolute Gasteiger partial charge is 0.361 e. The number of rotatable bonds is 5. The quantitative estimate of drug-likeness (QED) is 0.498. The summed E-state index contributed by atoms with van der Waals surface area (Å²) >= 11 is 0. The van der Waals surface area contributed by atoms with E-state index in [1.807, 2.05) is 44.3 Å². The second-order valence-electron chi connectivity index (χ2n) is 8.52. The first-order valence-electron chi connectivity index (χ1n) is 10.6. The molecule has 164 valence electrons. The summed E-state index contributed by atoms with van der Waals surface area (Å²) in [5.74, 6) is -1.14. The van der Waals surface area contributed by atoms with Gasteiger partial charge < -0.3 is 19.4 Å². The van der Waals surface area contributed by atoms with E-state index in [0.717, 1.165) is 27.4 Å². The lowest BCUT2D eigenvalue weighted by Crippen LogP contribution is -2.38. The number of aromatic nitrogens is 2. The molecule has 1 aliphatic heterocycles. The van der Waals surface area contributed by atoms with Crippen LogP contribution in [-0.2, 0) is 16.0 Å². The summed E-state index contributed by atoms with van der Waals surface area (Å²) in [5, 5.41) is 1.55. The number of nitrogens with zero attached hydrogens (tertiary/aromatic N) is 2. The van der Waals surface area contributed by atoms with E-state index in [4.69, 9.17) is 9.47 Å². The van der Waals surface area contributed by atoms with Crippen LogP contribution in [0, 0.1) is 5.82 Å². The molecule has 1 unspecified atom stereocenters. The number of fused-ring (bicyclic) bond motifs is 2. The first-order valence-corrected chi connectivity index (χ1v) is 10.6. The Bertz CT molecular complexity index is 1290. The molecular weight excluding hydrogens is 409 g/mol. The number of ether oxygens (including phenoxy) is 2. The molecule has 0 radical (unpaired) electrons. The molecular formula is C25H24FN3O3. The van der Waals surface area contributed by atoms with E-state index < -0.39 is 5.79 Å². The lowest BCUT2D eigenvalue weighted by atomic mass is 10.1. The van der Waals surface area contributed by atoms with Crippen molar-refractivity contribution in [1.29, 1.82) is 0 Å². The topological polar surface area (TPSA) is 67.5 Å². The average Bonchev–Trinajstić information content (AvgIpc) is 3.34. The number of H-pyrrole nitrogens is 1. The molecule has 0 bridgehead atoms. The third-order valence-corrected chi connectivity index (χ3v) is 5.75. The first kappa shape index (κ1) is 20.6. The second-order valence-corrected chi connectivity index (χ2v) is 8.52. The molecule has 1 N–H and O–H groups in total. The van der Waals surface area contributed by atoms with Crippen molar-refractivity contribution in [2.24, 2.45) is 0 Å². The Labute approximate surface area is 185 Å². The summed E-state index contributed by atoms with van der Waals surface area (Å²) in [5.41, 5.74) is 2.99. The van der Waals surface area contributed by atoms with Gasteiger partial charge in [-0.15, -0.1) is 0 Å². The third kappa shape index (κ3) is 3.97. The fraction of sp³-hybridized carbons (Fsp3) is 0.280. The highest BCUT2D eigenvalue weighted by atomic mass is 19.1. The Morgan fingerprint density at radius 2 is 2.06 bits per heavy atom. The molecule has 4 aromatic rings. The lowest BCUT2D eigenvalue weighted by molar-refractivity contribution is -0.139. The second kappa shape index (κ2) is 8.00. The average molecular weight is 433 g/mol. The summed E-state index contributed by atoms with van der Waals surface area (Å²) < 4.78 is 25.6. The van der Waals surface area contributed by atoms with Gasteiger partial charge in [0.1, 0.15) is 11.9 Å². The molecule has 6 nitrogen and oxygen atoms in total. The Morgan fingerprint density at radius 3 is 2.88 bits per heavy atom. The SMILES string of the molecule is CC1(C)OCC(CN(Cc2c[nH]c3ccc(F)cc23)C(=O)c2ccnc3ccccc23)O1. The fourth-order valence-corrected chi connectivity index (χ4v) is 4.26. The van der Waals surface area contributed by atoms with Crippen LogP contribution in [0.2, 0.25) is 0 Å². The van der Waals surface area contributed by atoms with Gasteiger partial charge >= 0.3 is 0 Å². The maximum absolute atomic E-state index is 13.9. The van der Waals surface area contributed by atoms with Gasteiger partial charge in [-0.25, -0.2) is 4.39 Å². The molecule has 1 saturated heterocycles. The summed E-state index contributed by atoms with van der Waals surface area (Å²) in [7, 11) is 0. The van der Waals surface area contributed by atoms with Gasteiger partial charge in [0.25, 0.3) is 5.91 Å². The van der Waals surface area contributed by atoms with E-state index in [1.165, 1.54) is 12.1 Å². The number of halogens is 1. The summed E-state index contributed by atoms with van der Waals surface area (Å²) in [6, 6.07) is 13.9. The zero-order chi connectivity index (χ0) is 22.3. The zero-order valence-corrected chi connectivity index (χ0v) is 18.0. The van der Waals surface area contributed by atoms with Gasteiger partial charge in [-0.3, -0.25) is 9.78 Å². The fourth-order valence-electron chi connectivity index (χ4n) is 4.26. The van der Waals surface area contributed by atoms with E-state index in [-0.39, 0.29) is 17.8 Å². The summed E-state index contributed by atoms with van der Waals surface area (Å²) in [6.45, 7) is 4.77. The smallest absolute Gasteiger partial charge is 0.254 e. The van der Waals surface area contributed by atoms with Crippen LogP contribution >= 0.6 is 0 Å². The van der Waals surface area contributed by atoms with Crippen LogP contribution in [0.1, 0.15) is 29.8 Å². The number of pyridine rings is 1. The number of hydrogen-bond donors (Lipinski definition) is 1. The number of aromatic amines is 1. The Morgan fingerprint density at radius 1 is 1.22 bits per heavy atom. The Balaban J connectivity index is 1.51. The van der Waals surface area contributed by atoms with Gasteiger partial charge in [0.2, 0.25) is 0 Å². The highest BCUT2D eigenvalue weighted by Crippen LogP contribution is 2.27. The van der Waals surface area contributed by atoms with Gasteiger partial charge in [-0.2, -0.15) is 0 Å². The molecule has 7 heteroatoms. The van der Waals surface area contributed by atoms with E-state index in [1.54, 1.807) is 23.2 Å². The summed E-state index contributed by atoms with van der Waals surface area (Å²) in [6.07, 6.45) is 3.21. The number of para-hydroxylation sites is 1. The van der Waals surface area contributed by atoms with Gasteiger partial charge in [-0.05, 0) is 49.7 Å². The highest BCUT2D eigenvalue weighted by Gasteiger charge is 2.35. The van der Waals surface area contributed by atoms with Crippen LogP contribution in [0.25, 0.3) is 21.8 Å². The number of amides is 1. The predicted molar refractivity (Wildman–Crippen MR) is 120 cm³/mol. The maximum atomic E-state index is 13.9. The minimum Gasteiger partial charge on any atom is -0.361 e. The summed E-state index contributed by atoms with van der Waals surface area (Å²) in [4.78, 5) is 23.0. The molecule has 2 aromatic carbocycles. The number of carbonyl (C=O) groups excluding carboxylic acids is 1. The third-order valence-electron chi connectivity index (χ3n) is 5.75. The molecule has 5 rings (SSSR count). The van der Waals surface area contributed by atoms with Crippen molar-refractivity contribution < 1.29 is 18.7 Å². The number of nitrogens with one attached hydrogen (secondary N) is 1. The molecule has 1 aliphatic rings. The Kier molecular flexibility index (Phi) is 5.15. The number of hydrogen-bond acceptors (Lipinski definition) is 4. The molecule has 0 saturated carbocycles. The van der Waals surface area contributed by atoms with E-state index in [0.29, 0.717) is 25.3 Å². The highest BCUT2D eigenvalue weighted by molar-refractivity contribution is 6.06. The van der Waals surface area contributed by atoms with Crippen LogP contribution in [-0.4, -0.2) is 45.8 Å². The van der Waals surface area contributed by atoms with Crippen molar-refractivity contribution in [2.45, 2.75) is 32.3 Å². The Hall–Kier alpha value is -3.29. The van der Waals surface area contributed by atoms with Gasteiger partial charge in [0.05, 0.1) is 17.7 Å². The molecule has 32 heavy (non-hydrogen) atoms. The molecule has 0 aliphatic carbocycles. The predicted octanol–water partition coefficient (Wildman–Crippen LogP) is 4.65. The molecule has 1 fully saturated rings. The van der Waals surface area contributed by atoms with Crippen molar-refractivity contribution in [2.75, 3.05) is 13.2 Å². The van der Waals surface area contributed by atoms with Crippen LogP contribution in [0.3, 0.4) is 0 Å². The number of benzene rings is 2.